The number of hydrogen-bond donors (Lipinski definition) is 1. The fraction of sp³-hybridized carbons (Fsp3) is 0.208. The maximum atomic E-state index is 6.25. The summed E-state index contributed by atoms with van der Waals surface area (Å²) >= 11 is 0. The second-order valence-corrected chi connectivity index (χ2v) is 7.72. The van der Waals surface area contributed by atoms with Gasteiger partial charge in [0.25, 0.3) is 0 Å². The Morgan fingerprint density at radius 3 is 2.84 bits per heavy atom. The highest BCUT2D eigenvalue weighted by Crippen LogP contribution is 2.37. The van der Waals surface area contributed by atoms with Crippen molar-refractivity contribution in [1.82, 2.24) is 24.6 Å². The number of hydrogen-bond acceptors (Lipinski definition) is 7. The van der Waals surface area contributed by atoms with Gasteiger partial charge >= 0.3 is 0 Å². The van der Waals surface area contributed by atoms with Gasteiger partial charge in [0.15, 0.2) is 11.5 Å². The van der Waals surface area contributed by atoms with Crippen molar-refractivity contribution in [2.45, 2.75) is 6.10 Å². The van der Waals surface area contributed by atoms with E-state index >= 15 is 0 Å². The highest BCUT2D eigenvalue weighted by atomic mass is 16.5. The Hall–Kier alpha value is -4.07. The first-order valence-corrected chi connectivity index (χ1v) is 10.3. The quantitative estimate of drug-likeness (QED) is 0.445. The van der Waals surface area contributed by atoms with Crippen LogP contribution in [0.3, 0.4) is 0 Å². The molecule has 0 bridgehead atoms. The smallest absolute Gasteiger partial charge is 0.162 e. The lowest BCUT2D eigenvalue weighted by Gasteiger charge is -2.41. The fourth-order valence-electron chi connectivity index (χ4n) is 3.93. The SMILES string of the molecule is C=CC(=C)N1CC(Oc2cc3c(Nc4cccc5cnn(C)c45)ncnc3cc2OC)C1. The summed E-state index contributed by atoms with van der Waals surface area (Å²) in [5, 5.41) is 9.71. The number of allylic oxidation sites excluding steroid dienone is 1. The van der Waals surface area contributed by atoms with Crippen molar-refractivity contribution in [3.63, 3.8) is 0 Å². The van der Waals surface area contributed by atoms with E-state index in [4.69, 9.17) is 9.47 Å². The molecule has 5 rings (SSSR count). The van der Waals surface area contributed by atoms with Gasteiger partial charge in [-0.05, 0) is 18.2 Å². The van der Waals surface area contributed by atoms with Crippen LogP contribution >= 0.6 is 0 Å². The number of para-hydroxylation sites is 1. The van der Waals surface area contributed by atoms with Crippen LogP contribution in [-0.2, 0) is 7.05 Å². The molecular weight excluding hydrogens is 404 g/mol. The molecule has 0 aliphatic carbocycles. The largest absolute Gasteiger partial charge is 0.493 e. The van der Waals surface area contributed by atoms with Crippen LogP contribution in [0.2, 0.25) is 0 Å². The molecule has 32 heavy (non-hydrogen) atoms. The third-order valence-electron chi connectivity index (χ3n) is 5.72. The lowest BCUT2D eigenvalue weighted by atomic mass is 10.1. The molecule has 0 atom stereocenters. The van der Waals surface area contributed by atoms with E-state index in [1.165, 1.54) is 0 Å². The summed E-state index contributed by atoms with van der Waals surface area (Å²) in [6, 6.07) is 9.85. The van der Waals surface area contributed by atoms with Crippen LogP contribution in [0.4, 0.5) is 11.5 Å². The fourth-order valence-corrected chi connectivity index (χ4v) is 3.93. The Bertz CT molecular complexity index is 1340. The van der Waals surface area contributed by atoms with Gasteiger partial charge < -0.3 is 19.7 Å². The minimum Gasteiger partial charge on any atom is -0.493 e. The Balaban J connectivity index is 1.49. The number of rotatable bonds is 7. The van der Waals surface area contributed by atoms with E-state index in [9.17, 15) is 0 Å². The summed E-state index contributed by atoms with van der Waals surface area (Å²) in [4.78, 5) is 11.0. The summed E-state index contributed by atoms with van der Waals surface area (Å²) in [6.07, 6.45) is 5.18. The van der Waals surface area contributed by atoms with Gasteiger partial charge in [-0.1, -0.05) is 25.3 Å². The summed E-state index contributed by atoms with van der Waals surface area (Å²) < 4.78 is 13.7. The molecule has 1 N–H and O–H groups in total. The molecule has 3 heterocycles. The maximum Gasteiger partial charge on any atom is 0.162 e. The maximum absolute atomic E-state index is 6.25. The molecule has 0 saturated carbocycles. The Kier molecular flexibility index (Phi) is 4.89. The molecule has 0 amide bonds. The van der Waals surface area contributed by atoms with Crippen molar-refractivity contribution in [2.24, 2.45) is 7.05 Å². The molecule has 1 saturated heterocycles. The number of methoxy groups -OCH3 is 1. The summed E-state index contributed by atoms with van der Waals surface area (Å²) in [7, 11) is 3.55. The molecule has 0 spiro atoms. The average Bonchev–Trinajstić information content (AvgIpc) is 3.17. The van der Waals surface area contributed by atoms with Crippen LogP contribution in [0.5, 0.6) is 11.5 Å². The predicted octanol–water partition coefficient (Wildman–Crippen LogP) is 4.03. The molecule has 8 nitrogen and oxygen atoms in total. The molecule has 8 heteroatoms. The normalized spacial score (nSPS) is 13.8. The van der Waals surface area contributed by atoms with Crippen molar-refractivity contribution in [3.8, 4) is 11.5 Å². The molecule has 2 aromatic carbocycles. The number of anilines is 2. The third-order valence-corrected chi connectivity index (χ3v) is 5.72. The number of likely N-dealkylation sites (tertiary alicyclic amines) is 1. The number of ether oxygens (including phenoxy) is 2. The van der Waals surface area contributed by atoms with Gasteiger partial charge in [0, 0.05) is 29.6 Å². The number of aromatic nitrogens is 4. The van der Waals surface area contributed by atoms with Gasteiger partial charge in [0.2, 0.25) is 0 Å². The molecule has 1 aliphatic rings. The molecule has 0 unspecified atom stereocenters. The lowest BCUT2D eigenvalue weighted by Crippen LogP contribution is -2.52. The van der Waals surface area contributed by atoms with E-state index in [2.05, 4.69) is 38.4 Å². The van der Waals surface area contributed by atoms with E-state index in [0.717, 1.165) is 46.3 Å². The molecular formula is C24H24N6O2. The van der Waals surface area contributed by atoms with Gasteiger partial charge in [-0.25, -0.2) is 9.97 Å². The zero-order valence-electron chi connectivity index (χ0n) is 18.1. The third kappa shape index (κ3) is 3.39. The van der Waals surface area contributed by atoms with Crippen LogP contribution < -0.4 is 14.8 Å². The zero-order chi connectivity index (χ0) is 22.2. The van der Waals surface area contributed by atoms with Crippen LogP contribution in [0.15, 0.2) is 67.8 Å². The molecule has 162 valence electrons. The van der Waals surface area contributed by atoms with E-state index in [1.54, 1.807) is 19.5 Å². The van der Waals surface area contributed by atoms with Crippen molar-refractivity contribution in [1.29, 1.82) is 0 Å². The van der Waals surface area contributed by atoms with Crippen LogP contribution in [0.25, 0.3) is 21.8 Å². The first-order valence-electron chi connectivity index (χ1n) is 10.3. The minimum absolute atomic E-state index is 0.0438. The van der Waals surface area contributed by atoms with Gasteiger partial charge in [0.05, 0.1) is 43.1 Å². The average molecular weight is 428 g/mol. The number of benzene rings is 2. The van der Waals surface area contributed by atoms with Crippen LogP contribution in [0, 0.1) is 0 Å². The van der Waals surface area contributed by atoms with Crippen molar-refractivity contribution >= 4 is 33.3 Å². The molecule has 2 aromatic heterocycles. The van der Waals surface area contributed by atoms with Gasteiger partial charge in [0.1, 0.15) is 18.2 Å². The second kappa shape index (κ2) is 7.88. The summed E-state index contributed by atoms with van der Waals surface area (Å²) in [6.45, 7) is 9.26. The van der Waals surface area contributed by atoms with E-state index in [0.29, 0.717) is 17.3 Å². The van der Waals surface area contributed by atoms with Crippen molar-refractivity contribution < 1.29 is 9.47 Å². The van der Waals surface area contributed by atoms with Crippen LogP contribution in [0.1, 0.15) is 0 Å². The number of nitrogens with one attached hydrogen (secondary N) is 1. The Labute approximate surface area is 185 Å². The first kappa shape index (κ1) is 19.9. The van der Waals surface area contributed by atoms with Crippen molar-refractivity contribution in [2.75, 3.05) is 25.5 Å². The minimum atomic E-state index is 0.0438. The lowest BCUT2D eigenvalue weighted by molar-refractivity contribution is 0.0454. The standard InChI is InChI=1S/C24H24N6O2/c1-5-15(2)30-12-17(13-30)32-22-9-18-20(10-21(22)31-4)25-14-26-24(18)28-19-8-6-7-16-11-27-29(3)23(16)19/h5-11,14,17H,1-2,12-13H2,3-4H3,(H,25,26,28). The first-order chi connectivity index (χ1) is 15.6. The van der Waals surface area contributed by atoms with Gasteiger partial charge in [-0.15, -0.1) is 0 Å². The number of fused-ring (bicyclic) bond motifs is 2. The van der Waals surface area contributed by atoms with E-state index in [-0.39, 0.29) is 6.10 Å². The van der Waals surface area contributed by atoms with E-state index in [1.807, 2.05) is 48.3 Å². The summed E-state index contributed by atoms with van der Waals surface area (Å²) in [5.74, 6) is 1.98. The Morgan fingerprint density at radius 1 is 1.22 bits per heavy atom. The van der Waals surface area contributed by atoms with Crippen molar-refractivity contribution in [3.05, 3.63) is 67.8 Å². The second-order valence-electron chi connectivity index (χ2n) is 7.72. The zero-order valence-corrected chi connectivity index (χ0v) is 18.1. The van der Waals surface area contributed by atoms with Crippen LogP contribution in [-0.4, -0.2) is 51.0 Å². The number of aryl methyl sites for hydroxylation is 1. The molecule has 1 fully saturated rings. The summed E-state index contributed by atoms with van der Waals surface area (Å²) in [5.41, 5.74) is 3.58. The highest BCUT2D eigenvalue weighted by molar-refractivity contribution is 5.97. The molecule has 4 aromatic rings. The van der Waals surface area contributed by atoms with Gasteiger partial charge in [-0.3, -0.25) is 4.68 Å². The number of nitrogens with zero attached hydrogens (tertiary/aromatic N) is 5. The topological polar surface area (TPSA) is 77.3 Å². The monoisotopic (exact) mass is 428 g/mol. The molecule has 0 radical (unpaired) electrons. The molecule has 1 aliphatic heterocycles. The van der Waals surface area contributed by atoms with E-state index < -0.39 is 0 Å². The van der Waals surface area contributed by atoms with Gasteiger partial charge in [-0.2, -0.15) is 5.10 Å². The predicted molar refractivity (Wildman–Crippen MR) is 125 cm³/mol. The highest BCUT2D eigenvalue weighted by Gasteiger charge is 2.29. The Morgan fingerprint density at radius 2 is 2.06 bits per heavy atom.